The van der Waals surface area contributed by atoms with E-state index in [4.69, 9.17) is 14.2 Å². The largest absolute Gasteiger partial charge is 0.462 e. The van der Waals surface area contributed by atoms with Gasteiger partial charge in [0.05, 0.1) is 0 Å². The Morgan fingerprint density at radius 2 is 0.534 bits per heavy atom. The Morgan fingerprint density at radius 3 is 0.836 bits per heavy atom. The van der Waals surface area contributed by atoms with E-state index >= 15 is 0 Å². The van der Waals surface area contributed by atoms with Crippen LogP contribution in [0.2, 0.25) is 0 Å². The van der Waals surface area contributed by atoms with Crippen molar-refractivity contribution in [2.75, 3.05) is 13.2 Å². The molecule has 6 heteroatoms. The van der Waals surface area contributed by atoms with Crippen LogP contribution >= 0.6 is 0 Å². The molecule has 0 saturated carbocycles. The first-order valence-electron chi connectivity index (χ1n) is 30.7. The quantitative estimate of drug-likeness (QED) is 0.0261. The summed E-state index contributed by atoms with van der Waals surface area (Å²) in [6, 6.07) is 0. The van der Waals surface area contributed by atoms with E-state index in [0.29, 0.717) is 19.3 Å². The maximum Gasteiger partial charge on any atom is 0.306 e. The zero-order chi connectivity index (χ0) is 52.9. The fourth-order valence-corrected chi connectivity index (χ4v) is 8.54. The van der Waals surface area contributed by atoms with Crippen LogP contribution in [0.25, 0.3) is 0 Å². The van der Waals surface area contributed by atoms with E-state index in [-0.39, 0.29) is 31.1 Å². The molecule has 0 aromatic rings. The number of hydrogen-bond acceptors (Lipinski definition) is 6. The smallest absolute Gasteiger partial charge is 0.306 e. The molecule has 0 aliphatic heterocycles. The van der Waals surface area contributed by atoms with Gasteiger partial charge in [-0.3, -0.25) is 14.4 Å². The average Bonchev–Trinajstić information content (AvgIpc) is 3.39. The van der Waals surface area contributed by atoms with Crippen LogP contribution in [0.1, 0.15) is 290 Å². The number of allylic oxidation sites excluding steroid dienone is 16. The first-order valence-corrected chi connectivity index (χ1v) is 30.7. The van der Waals surface area contributed by atoms with Gasteiger partial charge in [-0.2, -0.15) is 0 Å². The predicted molar refractivity (Wildman–Crippen MR) is 316 cm³/mol. The number of hydrogen-bond donors (Lipinski definition) is 0. The second kappa shape index (κ2) is 60.9. The Hall–Kier alpha value is -3.67. The standard InChI is InChI=1S/C67H114O6/c1-4-7-10-13-15-17-19-21-23-25-27-29-31-33-35-37-39-41-43-45-47-49-51-54-57-60-66(69)72-63-64(62-71-65(68)59-56-53-12-9-6-3)73-67(70)61-58-55-52-50-48-46-44-42-40-38-36-34-32-30-28-26-24-22-20-18-16-14-11-8-5-2/h7-8,10-11,15-18,21-24,27-30,64H,4-6,9,12-14,19-20,25-26,31-63H2,1-3H3/b10-7-,11-8-,17-15-,18-16-,23-21-,24-22-,29-27-,30-28-. The summed E-state index contributed by atoms with van der Waals surface area (Å²) in [6.45, 7) is 6.35. The first kappa shape index (κ1) is 69.3. The molecule has 0 fully saturated rings. The highest BCUT2D eigenvalue weighted by Crippen LogP contribution is 2.16. The van der Waals surface area contributed by atoms with Gasteiger partial charge in [-0.15, -0.1) is 0 Å². The van der Waals surface area contributed by atoms with Crippen molar-refractivity contribution in [2.45, 2.75) is 297 Å². The van der Waals surface area contributed by atoms with Crippen molar-refractivity contribution in [3.05, 3.63) is 97.2 Å². The molecular weight excluding hydrogens is 901 g/mol. The lowest BCUT2D eigenvalue weighted by Crippen LogP contribution is -2.30. The summed E-state index contributed by atoms with van der Waals surface area (Å²) in [5, 5.41) is 0. The van der Waals surface area contributed by atoms with Crippen molar-refractivity contribution in [2.24, 2.45) is 0 Å². The lowest BCUT2D eigenvalue weighted by atomic mass is 10.0. The molecule has 6 nitrogen and oxygen atoms in total. The van der Waals surface area contributed by atoms with E-state index in [1.165, 1.54) is 135 Å². The van der Waals surface area contributed by atoms with E-state index in [2.05, 4.69) is 118 Å². The van der Waals surface area contributed by atoms with Gasteiger partial charge in [0, 0.05) is 19.3 Å². The molecule has 0 aliphatic carbocycles. The third-order valence-corrected chi connectivity index (χ3v) is 13.1. The normalized spacial score (nSPS) is 12.8. The van der Waals surface area contributed by atoms with E-state index in [9.17, 15) is 14.4 Å². The highest BCUT2D eigenvalue weighted by Gasteiger charge is 2.19. The van der Waals surface area contributed by atoms with E-state index in [1.54, 1.807) is 0 Å². The Balaban J connectivity index is 4.06. The predicted octanol–water partition coefficient (Wildman–Crippen LogP) is 20.9. The third kappa shape index (κ3) is 59.1. The summed E-state index contributed by atoms with van der Waals surface area (Å²) in [6.07, 6.45) is 81.7. The summed E-state index contributed by atoms with van der Waals surface area (Å²) < 4.78 is 16.8. The minimum Gasteiger partial charge on any atom is -0.462 e. The molecule has 73 heavy (non-hydrogen) atoms. The van der Waals surface area contributed by atoms with Gasteiger partial charge in [-0.05, 0) is 96.3 Å². The molecule has 418 valence electrons. The van der Waals surface area contributed by atoms with Crippen LogP contribution in [0.15, 0.2) is 97.2 Å². The van der Waals surface area contributed by atoms with Crippen LogP contribution in [0, 0.1) is 0 Å². The highest BCUT2D eigenvalue weighted by molar-refractivity contribution is 5.71. The lowest BCUT2D eigenvalue weighted by molar-refractivity contribution is -0.167. The molecule has 0 bridgehead atoms. The third-order valence-electron chi connectivity index (χ3n) is 13.1. The van der Waals surface area contributed by atoms with Crippen molar-refractivity contribution in [1.82, 2.24) is 0 Å². The summed E-state index contributed by atoms with van der Waals surface area (Å²) in [7, 11) is 0. The van der Waals surface area contributed by atoms with Crippen LogP contribution in [-0.4, -0.2) is 37.2 Å². The van der Waals surface area contributed by atoms with Crippen molar-refractivity contribution >= 4 is 17.9 Å². The number of unbranched alkanes of at least 4 members (excludes halogenated alkanes) is 28. The van der Waals surface area contributed by atoms with Gasteiger partial charge in [0.25, 0.3) is 0 Å². The lowest BCUT2D eigenvalue weighted by Gasteiger charge is -2.18. The maximum absolute atomic E-state index is 12.8. The molecule has 1 unspecified atom stereocenters. The van der Waals surface area contributed by atoms with Crippen molar-refractivity contribution < 1.29 is 28.6 Å². The molecule has 0 N–H and O–H groups in total. The van der Waals surface area contributed by atoms with Gasteiger partial charge in [0.15, 0.2) is 6.10 Å². The number of ether oxygens (including phenoxy) is 3. The van der Waals surface area contributed by atoms with Gasteiger partial charge >= 0.3 is 17.9 Å². The number of carbonyl (C=O) groups is 3. The minimum absolute atomic E-state index is 0.0777. The van der Waals surface area contributed by atoms with Crippen molar-refractivity contribution in [3.8, 4) is 0 Å². The van der Waals surface area contributed by atoms with Crippen LogP contribution in [0.3, 0.4) is 0 Å². The maximum atomic E-state index is 12.8. The van der Waals surface area contributed by atoms with Gasteiger partial charge in [0.2, 0.25) is 0 Å². The van der Waals surface area contributed by atoms with Gasteiger partial charge in [-0.25, -0.2) is 0 Å². The molecule has 1 atom stereocenters. The second-order valence-corrected chi connectivity index (χ2v) is 20.2. The van der Waals surface area contributed by atoms with Crippen molar-refractivity contribution in [3.63, 3.8) is 0 Å². The van der Waals surface area contributed by atoms with E-state index in [0.717, 1.165) is 116 Å². The summed E-state index contributed by atoms with van der Waals surface area (Å²) in [4.78, 5) is 37.9. The molecule has 0 rings (SSSR count). The summed E-state index contributed by atoms with van der Waals surface area (Å²) in [5.74, 6) is -0.889. The molecule has 0 heterocycles. The van der Waals surface area contributed by atoms with Crippen LogP contribution in [0.5, 0.6) is 0 Å². The Morgan fingerprint density at radius 1 is 0.288 bits per heavy atom. The van der Waals surface area contributed by atoms with Gasteiger partial charge in [0.1, 0.15) is 13.2 Å². The van der Waals surface area contributed by atoms with Crippen LogP contribution in [-0.2, 0) is 28.6 Å². The second-order valence-electron chi connectivity index (χ2n) is 20.2. The summed E-state index contributed by atoms with van der Waals surface area (Å²) >= 11 is 0. The van der Waals surface area contributed by atoms with Gasteiger partial charge in [-0.1, -0.05) is 272 Å². The molecule has 0 radical (unpaired) electrons. The van der Waals surface area contributed by atoms with E-state index in [1.807, 2.05) is 0 Å². The molecule has 0 saturated heterocycles. The zero-order valence-corrected chi connectivity index (χ0v) is 47.9. The molecular formula is C67H114O6. The zero-order valence-electron chi connectivity index (χ0n) is 47.9. The molecule has 0 aromatic carbocycles. The monoisotopic (exact) mass is 1010 g/mol. The fraction of sp³-hybridized carbons (Fsp3) is 0.716. The Labute approximate surface area is 451 Å². The topological polar surface area (TPSA) is 78.9 Å². The van der Waals surface area contributed by atoms with Crippen molar-refractivity contribution in [1.29, 1.82) is 0 Å². The number of carbonyl (C=O) groups excluding carboxylic acids is 3. The Kier molecular flexibility index (Phi) is 57.8. The molecule has 0 amide bonds. The number of rotatable bonds is 55. The van der Waals surface area contributed by atoms with Crippen LogP contribution in [0.4, 0.5) is 0 Å². The van der Waals surface area contributed by atoms with Gasteiger partial charge < -0.3 is 14.2 Å². The average molecular weight is 1020 g/mol. The summed E-state index contributed by atoms with van der Waals surface area (Å²) in [5.41, 5.74) is 0. The Bertz CT molecular complexity index is 1440. The van der Waals surface area contributed by atoms with Crippen LogP contribution < -0.4 is 0 Å². The molecule has 0 spiro atoms. The first-order chi connectivity index (χ1) is 36.0. The van der Waals surface area contributed by atoms with E-state index < -0.39 is 6.10 Å². The number of esters is 3. The molecule has 0 aromatic heterocycles. The fourth-order valence-electron chi connectivity index (χ4n) is 8.54. The SMILES string of the molecule is CC/C=C\C/C=C\C/C=C\C/C=C\CCCCCCCCCCCCCCC(=O)OCC(COC(=O)CCCCCCC)OC(=O)CCCCCCCCCCCCCC/C=C\C/C=C\C/C=C\C/C=C\CC. The highest BCUT2D eigenvalue weighted by atomic mass is 16.6. The minimum atomic E-state index is -0.776. The molecule has 0 aliphatic rings.